The van der Waals surface area contributed by atoms with Gasteiger partial charge in [0.1, 0.15) is 17.9 Å². The van der Waals surface area contributed by atoms with Crippen LogP contribution in [-0.2, 0) is 6.54 Å². The molecule has 7 nitrogen and oxygen atoms in total. The first-order valence-electron chi connectivity index (χ1n) is 10.4. The van der Waals surface area contributed by atoms with Crippen LogP contribution in [0.5, 0.6) is 5.75 Å². The maximum Gasteiger partial charge on any atom is 0.317 e. The first kappa shape index (κ1) is 20.7. The lowest BCUT2D eigenvalue weighted by Crippen LogP contribution is -2.51. The number of benzene rings is 2. The molecule has 1 N–H and O–H groups in total. The van der Waals surface area contributed by atoms with E-state index >= 15 is 0 Å². The van der Waals surface area contributed by atoms with E-state index in [1.807, 2.05) is 47.4 Å². The Bertz CT molecular complexity index is 1010. The van der Waals surface area contributed by atoms with Gasteiger partial charge >= 0.3 is 6.03 Å². The second-order valence-electron chi connectivity index (χ2n) is 7.61. The van der Waals surface area contributed by atoms with Crippen LogP contribution in [0.2, 0.25) is 0 Å². The number of carbonyl (C=O) groups is 1. The summed E-state index contributed by atoms with van der Waals surface area (Å²) in [4.78, 5) is 25.4. The fraction of sp³-hybridized carbons (Fsp3) is 0.292. The smallest absolute Gasteiger partial charge is 0.317 e. The molecule has 0 aliphatic carbocycles. The Hall–Kier alpha value is -3.61. The molecule has 160 valence electrons. The molecule has 31 heavy (non-hydrogen) atoms. The maximum absolute atomic E-state index is 12.5. The number of nitrogens with zero attached hydrogens (tertiary/aromatic N) is 4. The third-order valence-corrected chi connectivity index (χ3v) is 5.49. The Labute approximate surface area is 182 Å². The van der Waals surface area contributed by atoms with Crippen LogP contribution in [0, 0.1) is 6.92 Å². The molecule has 7 heteroatoms. The molecule has 0 atom stereocenters. The fourth-order valence-corrected chi connectivity index (χ4v) is 3.57. The van der Waals surface area contributed by atoms with Crippen molar-refractivity contribution in [2.75, 3.05) is 38.2 Å². The topological polar surface area (TPSA) is 70.6 Å². The summed E-state index contributed by atoms with van der Waals surface area (Å²) in [6.07, 6.45) is 1.59. The highest BCUT2D eigenvalue weighted by Crippen LogP contribution is 2.23. The molecule has 1 aliphatic rings. The van der Waals surface area contributed by atoms with E-state index in [4.69, 9.17) is 4.74 Å². The van der Waals surface area contributed by atoms with Gasteiger partial charge in [0.05, 0.1) is 12.8 Å². The molecule has 0 unspecified atom stereocenters. The van der Waals surface area contributed by atoms with E-state index in [0.717, 1.165) is 41.5 Å². The minimum Gasteiger partial charge on any atom is -0.497 e. The molecule has 3 aromatic rings. The number of hydrogen-bond donors (Lipinski definition) is 1. The molecule has 0 saturated carbocycles. The molecule has 2 amide bonds. The quantitative estimate of drug-likeness (QED) is 0.688. The van der Waals surface area contributed by atoms with Crippen LogP contribution >= 0.6 is 0 Å². The fourth-order valence-electron chi connectivity index (χ4n) is 3.57. The number of anilines is 1. The molecule has 0 spiro atoms. The second-order valence-corrected chi connectivity index (χ2v) is 7.61. The number of amides is 2. The normalized spacial score (nSPS) is 13.7. The zero-order valence-corrected chi connectivity index (χ0v) is 17.9. The zero-order valence-electron chi connectivity index (χ0n) is 17.9. The van der Waals surface area contributed by atoms with Gasteiger partial charge in [-0.2, -0.15) is 0 Å². The third kappa shape index (κ3) is 5.12. The van der Waals surface area contributed by atoms with Gasteiger partial charge in [0.2, 0.25) is 0 Å². The van der Waals surface area contributed by atoms with Crippen molar-refractivity contribution in [2.45, 2.75) is 13.5 Å². The summed E-state index contributed by atoms with van der Waals surface area (Å²) < 4.78 is 5.22. The van der Waals surface area contributed by atoms with Crippen molar-refractivity contribution < 1.29 is 9.53 Å². The van der Waals surface area contributed by atoms with Gasteiger partial charge in [0.25, 0.3) is 0 Å². The minimum atomic E-state index is -0.0261. The van der Waals surface area contributed by atoms with Gasteiger partial charge in [-0.25, -0.2) is 14.8 Å². The zero-order chi connectivity index (χ0) is 21.6. The van der Waals surface area contributed by atoms with E-state index in [-0.39, 0.29) is 6.03 Å². The molecule has 0 bridgehead atoms. The molecule has 2 aromatic carbocycles. The SMILES string of the molecule is COc1ccc(-c2cc(N3CCN(C(=O)NCc4ccc(C)cc4)CC3)ncn2)cc1. The highest BCUT2D eigenvalue weighted by Gasteiger charge is 2.22. The number of hydrogen-bond acceptors (Lipinski definition) is 5. The first-order valence-corrected chi connectivity index (χ1v) is 10.4. The first-order chi connectivity index (χ1) is 15.1. The second kappa shape index (κ2) is 9.47. The molecule has 2 heterocycles. The number of piperazine rings is 1. The van der Waals surface area contributed by atoms with Crippen LogP contribution in [0.1, 0.15) is 11.1 Å². The van der Waals surface area contributed by atoms with Crippen molar-refractivity contribution in [1.82, 2.24) is 20.2 Å². The monoisotopic (exact) mass is 417 g/mol. The van der Waals surface area contributed by atoms with Crippen molar-refractivity contribution in [3.63, 3.8) is 0 Å². The highest BCUT2D eigenvalue weighted by molar-refractivity contribution is 5.74. The van der Waals surface area contributed by atoms with Gasteiger partial charge in [-0.3, -0.25) is 0 Å². The van der Waals surface area contributed by atoms with E-state index in [0.29, 0.717) is 19.6 Å². The Morgan fingerprint density at radius 3 is 2.39 bits per heavy atom. The number of rotatable bonds is 5. The summed E-state index contributed by atoms with van der Waals surface area (Å²) in [6, 6.07) is 18.0. The van der Waals surface area contributed by atoms with E-state index in [9.17, 15) is 4.79 Å². The van der Waals surface area contributed by atoms with E-state index < -0.39 is 0 Å². The largest absolute Gasteiger partial charge is 0.497 e. The number of aryl methyl sites for hydroxylation is 1. The minimum absolute atomic E-state index is 0.0261. The van der Waals surface area contributed by atoms with Crippen LogP contribution in [0.15, 0.2) is 60.9 Å². The standard InChI is InChI=1S/C24H27N5O2/c1-18-3-5-19(6-4-18)16-25-24(30)29-13-11-28(12-14-29)23-15-22(26-17-27-23)20-7-9-21(31-2)10-8-20/h3-10,15,17H,11-14,16H2,1-2H3,(H,25,30). The van der Waals surface area contributed by atoms with E-state index in [1.54, 1.807) is 13.4 Å². The molecular formula is C24H27N5O2. The van der Waals surface area contributed by atoms with Crippen LogP contribution in [0.25, 0.3) is 11.3 Å². The summed E-state index contributed by atoms with van der Waals surface area (Å²) in [5, 5.41) is 3.02. The molecule has 0 radical (unpaired) electrons. The van der Waals surface area contributed by atoms with Crippen LogP contribution in [0.3, 0.4) is 0 Å². The van der Waals surface area contributed by atoms with Gasteiger partial charge < -0.3 is 19.9 Å². The van der Waals surface area contributed by atoms with Gasteiger partial charge in [-0.05, 0) is 36.8 Å². The Morgan fingerprint density at radius 2 is 1.71 bits per heavy atom. The number of ether oxygens (including phenoxy) is 1. The lowest BCUT2D eigenvalue weighted by molar-refractivity contribution is 0.194. The van der Waals surface area contributed by atoms with Crippen molar-refractivity contribution in [2.24, 2.45) is 0 Å². The van der Waals surface area contributed by atoms with Crippen LogP contribution < -0.4 is 15.0 Å². The number of carbonyl (C=O) groups excluding carboxylic acids is 1. The van der Waals surface area contributed by atoms with Crippen molar-refractivity contribution in [3.8, 4) is 17.0 Å². The van der Waals surface area contributed by atoms with Gasteiger partial charge in [-0.1, -0.05) is 29.8 Å². The lowest BCUT2D eigenvalue weighted by Gasteiger charge is -2.35. The third-order valence-electron chi connectivity index (χ3n) is 5.49. The average molecular weight is 418 g/mol. The summed E-state index contributed by atoms with van der Waals surface area (Å²) in [6.45, 7) is 5.37. The van der Waals surface area contributed by atoms with Gasteiger partial charge in [0.15, 0.2) is 0 Å². The maximum atomic E-state index is 12.5. The van der Waals surface area contributed by atoms with Crippen molar-refractivity contribution in [3.05, 3.63) is 72.1 Å². The number of aromatic nitrogens is 2. The Morgan fingerprint density at radius 1 is 1.00 bits per heavy atom. The summed E-state index contributed by atoms with van der Waals surface area (Å²) in [5.41, 5.74) is 4.19. The number of nitrogens with one attached hydrogen (secondary N) is 1. The highest BCUT2D eigenvalue weighted by atomic mass is 16.5. The van der Waals surface area contributed by atoms with Crippen molar-refractivity contribution >= 4 is 11.8 Å². The molecule has 1 saturated heterocycles. The average Bonchev–Trinajstić information content (AvgIpc) is 2.84. The van der Waals surface area contributed by atoms with Gasteiger partial charge in [-0.15, -0.1) is 0 Å². The number of urea groups is 1. The molecular weight excluding hydrogens is 390 g/mol. The van der Waals surface area contributed by atoms with Crippen LogP contribution in [0.4, 0.5) is 10.6 Å². The predicted octanol–water partition coefficient (Wildman–Crippen LogP) is 3.49. The lowest BCUT2D eigenvalue weighted by atomic mass is 10.1. The Kier molecular flexibility index (Phi) is 6.31. The van der Waals surface area contributed by atoms with Gasteiger partial charge in [0, 0.05) is 44.4 Å². The number of methoxy groups -OCH3 is 1. The summed E-state index contributed by atoms with van der Waals surface area (Å²) in [5.74, 6) is 1.69. The Balaban J connectivity index is 1.33. The van der Waals surface area contributed by atoms with Crippen molar-refractivity contribution in [1.29, 1.82) is 0 Å². The van der Waals surface area contributed by atoms with E-state index in [1.165, 1.54) is 5.56 Å². The molecule has 1 fully saturated rings. The summed E-state index contributed by atoms with van der Waals surface area (Å²) >= 11 is 0. The molecule has 1 aromatic heterocycles. The van der Waals surface area contributed by atoms with Crippen LogP contribution in [-0.4, -0.2) is 54.2 Å². The summed E-state index contributed by atoms with van der Waals surface area (Å²) in [7, 11) is 1.65. The predicted molar refractivity (Wildman–Crippen MR) is 121 cm³/mol. The molecule has 4 rings (SSSR count). The molecule has 1 aliphatic heterocycles. The van der Waals surface area contributed by atoms with E-state index in [2.05, 4.69) is 39.2 Å².